The second kappa shape index (κ2) is 42.6. The van der Waals surface area contributed by atoms with Gasteiger partial charge in [-0.1, -0.05) is 187 Å². The molecule has 3 heterocycles. The first kappa shape index (κ1) is 86.3. The van der Waals surface area contributed by atoms with Crippen LogP contribution in [0.3, 0.4) is 0 Å². The molecule has 0 spiro atoms. The predicted molar refractivity (Wildman–Crippen MR) is 407 cm³/mol. The van der Waals surface area contributed by atoms with Crippen LogP contribution < -0.4 is 64.4 Å². The molecule has 3 aromatic heterocycles. The average Bonchev–Trinajstić information content (AvgIpc) is 1.52. The molecule has 0 aliphatic carbocycles. The number of carbonyl (C=O) groups excluding carboxylic acids is 5. The molecule has 0 unspecified atom stereocenters. The predicted octanol–water partition coefficient (Wildman–Crippen LogP) is 11.5. The number of carboxylic acid groups (broad SMARTS) is 1. The van der Waals surface area contributed by atoms with E-state index in [0.717, 1.165) is 100 Å². The van der Waals surface area contributed by atoms with Gasteiger partial charge in [-0.15, -0.1) is 6.42 Å². The number of benzene rings is 9. The van der Waals surface area contributed by atoms with Gasteiger partial charge < -0.3 is 44.9 Å². The summed E-state index contributed by atoms with van der Waals surface area (Å²) in [5.74, 6) is 11.4. The van der Waals surface area contributed by atoms with Crippen LogP contribution in [0.2, 0.25) is 0 Å². The van der Waals surface area contributed by atoms with Crippen LogP contribution in [0.15, 0.2) is 200 Å². The van der Waals surface area contributed by atoms with Gasteiger partial charge in [0, 0.05) is 18.2 Å². The molecular weight excluding hydrogens is 1410 g/mol. The number of methoxy groups -OCH3 is 1. The van der Waals surface area contributed by atoms with Crippen LogP contribution in [-0.2, 0) is 52.6 Å². The SMILES string of the molecule is CO.COC(=O)Cc1ccc2cc(-c3snc(C)c3NC(=O)O[C@H](C)c3ccccc3)ccc2c1.Cc1nsc(C#Cc2ccc3cc(CC(=O)O)ccc3c2)c1NC(=O)O[C@H](C)c1ccccc1.Cc1nsc(C#Cc2ccc3cc(C[C-]=O)ccc3c2)c1NC(=O)O[C@H](C)c1ccccc1.[Li+].[Na+].[OH-].[OH-]. The number of hydrogen-bond acceptors (Lipinski definition) is 19. The van der Waals surface area contributed by atoms with E-state index >= 15 is 0 Å². The normalized spacial score (nSPS) is 10.9. The minimum Gasteiger partial charge on any atom is -0.870 e. The molecule has 3 amide bonds. The second-order valence-electron chi connectivity index (χ2n) is 23.0. The van der Waals surface area contributed by atoms with Crippen LogP contribution in [0, 0.1) is 44.5 Å². The minimum atomic E-state index is -0.857. The second-order valence-corrected chi connectivity index (χ2v) is 25.3. The van der Waals surface area contributed by atoms with Crippen molar-refractivity contribution in [2.45, 2.75) is 79.1 Å². The molecule has 3 atom stereocenters. The smallest absolute Gasteiger partial charge is 0.870 e. The van der Waals surface area contributed by atoms with Gasteiger partial charge in [-0.2, -0.15) is 13.1 Å². The summed E-state index contributed by atoms with van der Waals surface area (Å²) in [6.07, 6.45) is -0.352. The molecule has 532 valence electrons. The van der Waals surface area contributed by atoms with Crippen molar-refractivity contribution in [2.24, 2.45) is 0 Å². The quantitative estimate of drug-likeness (QED) is 0.0197. The summed E-state index contributed by atoms with van der Waals surface area (Å²) in [5.41, 5.74) is 11.8. The van der Waals surface area contributed by atoms with Crippen molar-refractivity contribution in [3.63, 3.8) is 0 Å². The Bertz CT molecular complexity index is 5120. The molecule has 20 nitrogen and oxygen atoms in total. The van der Waals surface area contributed by atoms with Gasteiger partial charge in [0.25, 0.3) is 0 Å². The van der Waals surface area contributed by atoms with Crippen molar-refractivity contribution in [1.82, 2.24) is 13.1 Å². The molecule has 12 aromatic rings. The largest absolute Gasteiger partial charge is 1.00 e. The van der Waals surface area contributed by atoms with Gasteiger partial charge in [0.1, 0.15) is 28.1 Å². The number of nitrogens with zero attached hydrogens (tertiary/aromatic N) is 3. The number of esters is 1. The molecule has 0 aliphatic heterocycles. The first-order valence-corrected chi connectivity index (χ1v) is 34.4. The molecule has 0 radical (unpaired) electrons. The number of hydrogen-bond donors (Lipinski definition) is 5. The maximum absolute atomic E-state index is 12.6. The van der Waals surface area contributed by atoms with Crippen molar-refractivity contribution in [2.75, 3.05) is 30.2 Å². The van der Waals surface area contributed by atoms with E-state index in [-0.39, 0.29) is 96.8 Å². The van der Waals surface area contributed by atoms with E-state index in [2.05, 4.69) is 52.8 Å². The molecule has 0 saturated carbocycles. The Morgan fingerprint density at radius 1 is 0.462 bits per heavy atom. The number of aliphatic hydroxyl groups is 1. The van der Waals surface area contributed by atoms with Crippen molar-refractivity contribution in [3.8, 4) is 34.1 Å². The van der Waals surface area contributed by atoms with Crippen LogP contribution in [0.1, 0.15) is 110 Å². The monoisotopic (exact) mass is 1480 g/mol. The van der Waals surface area contributed by atoms with Crippen molar-refractivity contribution >= 4 is 120 Å². The third kappa shape index (κ3) is 24.4. The zero-order chi connectivity index (χ0) is 72.7. The van der Waals surface area contributed by atoms with Crippen molar-refractivity contribution < 1.29 is 117 Å². The molecule has 9 aromatic carbocycles. The number of nitrogens with one attached hydrogen (secondary N) is 3. The maximum Gasteiger partial charge on any atom is 1.00 e. The fourth-order valence-electron chi connectivity index (χ4n) is 10.4. The van der Waals surface area contributed by atoms with Gasteiger partial charge in [0.2, 0.25) is 0 Å². The first-order valence-electron chi connectivity index (χ1n) is 32.0. The number of amides is 3. The van der Waals surface area contributed by atoms with Crippen molar-refractivity contribution in [1.29, 1.82) is 0 Å². The van der Waals surface area contributed by atoms with E-state index < -0.39 is 30.4 Å². The van der Waals surface area contributed by atoms with Gasteiger partial charge >= 0.3 is 78.6 Å². The number of anilines is 3. The summed E-state index contributed by atoms with van der Waals surface area (Å²) in [4.78, 5) is 72.8. The average molecular weight is 1480 g/mol. The summed E-state index contributed by atoms with van der Waals surface area (Å²) in [6, 6.07) is 63.7. The number of rotatable bonds is 16. The number of fused-ring (bicyclic) bond motifs is 3. The summed E-state index contributed by atoms with van der Waals surface area (Å²) in [7, 11) is 2.39. The van der Waals surface area contributed by atoms with Gasteiger partial charge in [-0.25, -0.2) is 14.4 Å². The molecular formula is C81H73LiN6NaO14S3-. The fourth-order valence-corrected chi connectivity index (χ4v) is 12.7. The molecule has 25 heteroatoms. The van der Waals surface area contributed by atoms with Gasteiger partial charge in [0.15, 0.2) is 0 Å². The molecule has 106 heavy (non-hydrogen) atoms. The molecule has 0 aliphatic rings. The number of carbonyl (C=O) groups is 5. The molecule has 0 bridgehead atoms. The molecule has 7 N–H and O–H groups in total. The fraction of sp³-hybridized carbons (Fsp3) is 0.173. The van der Waals surface area contributed by atoms with Crippen LogP contribution in [0.4, 0.5) is 31.4 Å². The summed E-state index contributed by atoms with van der Waals surface area (Å²) in [6.45, 7) is 11.0. The number of ether oxygens (including phenoxy) is 4. The topological polar surface area (TPSA) is 315 Å². The summed E-state index contributed by atoms with van der Waals surface area (Å²) < 4.78 is 34.4. The Kier molecular flexibility index (Phi) is 34.7. The Morgan fingerprint density at radius 2 is 0.811 bits per heavy atom. The van der Waals surface area contributed by atoms with Crippen molar-refractivity contribution in [3.05, 3.63) is 272 Å². The standard InChI is InChI=1S/C27H22N2O4S.C27H21N2O3S.C26H24N2O4S.CH4O.Li.Na.2H2O/c1-17-26(28-27(32)33-18(2)21-6-4-3-5-7-21)24(34-29-17)13-10-19-8-11-23-15-20(16-25(30)31)9-12-22(23)14-19;1-18-26(28-27(31)32-19(2)22-6-4-3-5-7-22)25(33-29-18)13-10-20-8-11-24-17-21(14-15-30)9-12-23(24)16-20;1-16-24(27-26(30)32-17(2)19-7-5-4-6-8-19)25(33-28-16)22-12-11-20-13-18(14-23(29)31-3)9-10-21(20)15-22;1-2;;;;/h3-9,11-12,14-15,18H,16H2,1-2H3,(H,28,32)(H,30,31);3-9,11-12,16-17,19H,14H2,1-2H3,(H,28,31);4-13,15,17H,14H2,1-3H3,(H,27,30);2H,1H3;;;2*1H2/q;-1;;;2*+1;;/p-2/t18-;19-;17-;;;;;/m111...../s1. The van der Waals surface area contributed by atoms with Crippen LogP contribution in [0.25, 0.3) is 42.8 Å². The third-order valence-corrected chi connectivity index (χ3v) is 18.4. The van der Waals surface area contributed by atoms with Crippen LogP contribution >= 0.6 is 34.6 Å². The van der Waals surface area contributed by atoms with E-state index in [1.807, 2.05) is 248 Å². The molecule has 0 fully saturated rings. The number of aromatic nitrogens is 3. The van der Waals surface area contributed by atoms with Gasteiger partial charge in [-0.3, -0.25) is 31.8 Å². The van der Waals surface area contributed by atoms with Gasteiger partial charge in [0.05, 0.1) is 59.0 Å². The molecule has 12 rings (SSSR count). The van der Waals surface area contributed by atoms with E-state index in [0.29, 0.717) is 38.2 Å². The number of aryl methyl sites for hydroxylation is 3. The van der Waals surface area contributed by atoms with Crippen LogP contribution in [-0.4, -0.2) is 85.0 Å². The van der Waals surface area contributed by atoms with E-state index in [1.54, 1.807) is 0 Å². The number of carboxylic acids is 1. The minimum absolute atomic E-state index is 0. The Hall–Kier alpha value is -10.3. The number of aliphatic hydroxyl groups excluding tert-OH is 1. The summed E-state index contributed by atoms with van der Waals surface area (Å²) in [5, 5.41) is 30.5. The zero-order valence-corrected chi connectivity index (χ0v) is 64.3. The third-order valence-electron chi connectivity index (χ3n) is 15.8. The Balaban J connectivity index is 0.000000277. The van der Waals surface area contributed by atoms with E-state index in [9.17, 15) is 28.8 Å². The maximum atomic E-state index is 12.6. The Labute approximate surface area is 660 Å². The molecule has 0 saturated heterocycles. The van der Waals surface area contributed by atoms with E-state index in [4.69, 9.17) is 29.2 Å². The van der Waals surface area contributed by atoms with Gasteiger partial charge in [-0.05, 0) is 184 Å². The summed E-state index contributed by atoms with van der Waals surface area (Å²) >= 11 is 3.78. The zero-order valence-electron chi connectivity index (χ0n) is 59.8. The van der Waals surface area contributed by atoms with E-state index in [1.165, 1.54) is 41.7 Å². The Morgan fingerprint density at radius 3 is 1.23 bits per heavy atom. The first-order chi connectivity index (χ1) is 49.4. The number of aliphatic carboxylic acids is 1. The van der Waals surface area contributed by atoms with Crippen LogP contribution in [0.5, 0.6) is 0 Å².